The fourth-order valence-electron chi connectivity index (χ4n) is 2.42. The Kier molecular flexibility index (Phi) is 7.41. The van der Waals surface area contributed by atoms with Crippen molar-refractivity contribution in [2.75, 3.05) is 33.3 Å². The number of carbonyl (C=O) groups is 3. The van der Waals surface area contributed by atoms with Crippen LogP contribution in [0, 0.1) is 6.92 Å². The van der Waals surface area contributed by atoms with Crippen LogP contribution in [0.25, 0.3) is 0 Å². The maximum absolute atomic E-state index is 12.2. The molecule has 2 N–H and O–H groups in total. The molecule has 0 aliphatic carbocycles. The van der Waals surface area contributed by atoms with Crippen LogP contribution in [0.5, 0.6) is 17.2 Å². The molecule has 3 amide bonds. The normalized spacial score (nSPS) is 9.93. The smallest absolute Gasteiger partial charge is 0.338 e. The SMILES string of the molecule is COc1ccc(NC(=O)NC(=O)COC(=O)c2cc(OC)c(C)c(OC)c2)cc1. The fourth-order valence-corrected chi connectivity index (χ4v) is 2.42. The number of hydrogen-bond acceptors (Lipinski definition) is 7. The summed E-state index contributed by atoms with van der Waals surface area (Å²) in [6, 6.07) is 8.74. The minimum absolute atomic E-state index is 0.153. The third kappa shape index (κ3) is 5.86. The first-order valence-corrected chi connectivity index (χ1v) is 8.52. The van der Waals surface area contributed by atoms with Crippen LogP contribution in [0.3, 0.4) is 0 Å². The van der Waals surface area contributed by atoms with E-state index in [2.05, 4.69) is 10.6 Å². The first kappa shape index (κ1) is 21.5. The molecule has 0 unspecified atom stereocenters. The van der Waals surface area contributed by atoms with E-state index in [4.69, 9.17) is 18.9 Å². The van der Waals surface area contributed by atoms with E-state index in [1.54, 1.807) is 31.2 Å². The van der Waals surface area contributed by atoms with Gasteiger partial charge in [0.05, 0.1) is 26.9 Å². The highest BCUT2D eigenvalue weighted by Gasteiger charge is 2.17. The lowest BCUT2D eigenvalue weighted by Crippen LogP contribution is -2.37. The maximum atomic E-state index is 12.2. The molecule has 0 heterocycles. The molecule has 0 radical (unpaired) electrons. The summed E-state index contributed by atoms with van der Waals surface area (Å²) in [6.07, 6.45) is 0. The molecule has 0 aromatic heterocycles. The molecule has 0 saturated carbocycles. The molecule has 0 aliphatic rings. The summed E-state index contributed by atoms with van der Waals surface area (Å²) >= 11 is 0. The van der Waals surface area contributed by atoms with Crippen molar-refractivity contribution in [3.8, 4) is 17.2 Å². The second-order valence-electron chi connectivity index (χ2n) is 5.81. The summed E-state index contributed by atoms with van der Waals surface area (Å²) in [7, 11) is 4.45. The average molecular weight is 402 g/mol. The fraction of sp³-hybridized carbons (Fsp3) is 0.250. The highest BCUT2D eigenvalue weighted by atomic mass is 16.5. The Morgan fingerprint density at radius 3 is 2.00 bits per heavy atom. The molecule has 9 nitrogen and oxygen atoms in total. The minimum Gasteiger partial charge on any atom is -0.497 e. The number of carbonyl (C=O) groups excluding carboxylic acids is 3. The number of benzene rings is 2. The zero-order valence-corrected chi connectivity index (χ0v) is 16.5. The van der Waals surface area contributed by atoms with E-state index in [1.807, 2.05) is 0 Å². The first-order chi connectivity index (χ1) is 13.9. The van der Waals surface area contributed by atoms with Crippen molar-refractivity contribution >= 4 is 23.6 Å². The van der Waals surface area contributed by atoms with Gasteiger partial charge in [0.1, 0.15) is 17.2 Å². The molecular weight excluding hydrogens is 380 g/mol. The van der Waals surface area contributed by atoms with Crippen molar-refractivity contribution in [3.63, 3.8) is 0 Å². The van der Waals surface area contributed by atoms with Gasteiger partial charge in [-0.15, -0.1) is 0 Å². The summed E-state index contributed by atoms with van der Waals surface area (Å²) in [5, 5.41) is 4.55. The molecule has 29 heavy (non-hydrogen) atoms. The largest absolute Gasteiger partial charge is 0.497 e. The molecule has 0 atom stereocenters. The summed E-state index contributed by atoms with van der Waals surface area (Å²) < 4.78 is 20.4. The lowest BCUT2D eigenvalue weighted by molar-refractivity contribution is -0.123. The second kappa shape index (κ2) is 9.98. The van der Waals surface area contributed by atoms with Crippen LogP contribution in [-0.2, 0) is 9.53 Å². The standard InChI is InChI=1S/C20H22N2O7/c1-12-16(27-3)9-13(10-17(12)28-4)19(24)29-11-18(23)22-20(25)21-14-5-7-15(26-2)8-6-14/h5-10H,11H2,1-4H3,(H2,21,22,23,25). The number of nitrogens with one attached hydrogen (secondary N) is 2. The van der Waals surface area contributed by atoms with E-state index >= 15 is 0 Å². The zero-order valence-electron chi connectivity index (χ0n) is 16.5. The molecule has 2 aromatic carbocycles. The highest BCUT2D eigenvalue weighted by Crippen LogP contribution is 2.29. The van der Waals surface area contributed by atoms with Gasteiger partial charge in [0.15, 0.2) is 6.61 Å². The van der Waals surface area contributed by atoms with E-state index in [-0.39, 0.29) is 5.56 Å². The lowest BCUT2D eigenvalue weighted by Gasteiger charge is -2.12. The second-order valence-corrected chi connectivity index (χ2v) is 5.81. The van der Waals surface area contributed by atoms with Gasteiger partial charge in [0.2, 0.25) is 0 Å². The Morgan fingerprint density at radius 2 is 1.48 bits per heavy atom. The molecule has 154 valence electrons. The Hall–Kier alpha value is -3.75. The minimum atomic E-state index is -0.782. The number of urea groups is 1. The Bertz CT molecular complexity index is 869. The third-order valence-corrected chi connectivity index (χ3v) is 3.92. The third-order valence-electron chi connectivity index (χ3n) is 3.92. The molecule has 0 spiro atoms. The van der Waals surface area contributed by atoms with Crippen molar-refractivity contribution in [1.82, 2.24) is 5.32 Å². The van der Waals surface area contributed by atoms with Crippen molar-refractivity contribution in [2.24, 2.45) is 0 Å². The number of anilines is 1. The topological polar surface area (TPSA) is 112 Å². The number of esters is 1. The zero-order chi connectivity index (χ0) is 21.4. The van der Waals surface area contributed by atoms with E-state index in [9.17, 15) is 14.4 Å². The van der Waals surface area contributed by atoms with Crippen LogP contribution in [-0.4, -0.2) is 45.8 Å². The van der Waals surface area contributed by atoms with Gasteiger partial charge in [-0.25, -0.2) is 9.59 Å². The molecule has 2 aromatic rings. The van der Waals surface area contributed by atoms with Crippen LogP contribution < -0.4 is 24.8 Å². The van der Waals surface area contributed by atoms with Crippen molar-refractivity contribution in [2.45, 2.75) is 6.92 Å². The molecular formula is C20H22N2O7. The van der Waals surface area contributed by atoms with Gasteiger partial charge in [-0.1, -0.05) is 0 Å². The van der Waals surface area contributed by atoms with Crippen LogP contribution in [0.2, 0.25) is 0 Å². The first-order valence-electron chi connectivity index (χ1n) is 8.52. The van der Waals surface area contributed by atoms with Crippen molar-refractivity contribution < 1.29 is 33.3 Å². The molecule has 0 aliphatic heterocycles. The number of methoxy groups -OCH3 is 3. The van der Waals surface area contributed by atoms with Gasteiger partial charge >= 0.3 is 12.0 Å². The predicted molar refractivity (Wildman–Crippen MR) is 105 cm³/mol. The van der Waals surface area contributed by atoms with Crippen molar-refractivity contribution in [1.29, 1.82) is 0 Å². The van der Waals surface area contributed by atoms with Crippen LogP contribution >= 0.6 is 0 Å². The molecule has 0 bridgehead atoms. The predicted octanol–water partition coefficient (Wildman–Crippen LogP) is 2.53. The van der Waals surface area contributed by atoms with Crippen LogP contribution in [0.15, 0.2) is 36.4 Å². The van der Waals surface area contributed by atoms with E-state index in [0.29, 0.717) is 22.9 Å². The lowest BCUT2D eigenvalue weighted by atomic mass is 10.1. The average Bonchev–Trinajstić information content (AvgIpc) is 2.72. The monoisotopic (exact) mass is 402 g/mol. The van der Waals surface area contributed by atoms with E-state index < -0.39 is 24.5 Å². The van der Waals surface area contributed by atoms with Gasteiger partial charge in [0, 0.05) is 11.3 Å². The molecule has 2 rings (SSSR count). The Balaban J connectivity index is 1.89. The van der Waals surface area contributed by atoms with Crippen LogP contribution in [0.1, 0.15) is 15.9 Å². The van der Waals surface area contributed by atoms with E-state index in [0.717, 1.165) is 5.56 Å². The molecule has 0 saturated heterocycles. The van der Waals surface area contributed by atoms with Crippen LogP contribution in [0.4, 0.5) is 10.5 Å². The Labute approximate surface area is 167 Å². The van der Waals surface area contributed by atoms with E-state index in [1.165, 1.54) is 33.5 Å². The quantitative estimate of drug-likeness (QED) is 0.685. The summed E-state index contributed by atoms with van der Waals surface area (Å²) in [4.78, 5) is 35.9. The van der Waals surface area contributed by atoms with Crippen molar-refractivity contribution in [3.05, 3.63) is 47.5 Å². The van der Waals surface area contributed by atoms with Gasteiger partial charge in [-0.05, 0) is 43.3 Å². The van der Waals surface area contributed by atoms with Gasteiger partial charge in [-0.3, -0.25) is 10.1 Å². The summed E-state index contributed by atoms with van der Waals surface area (Å²) in [5.41, 5.74) is 1.34. The van der Waals surface area contributed by atoms with Gasteiger partial charge in [-0.2, -0.15) is 0 Å². The maximum Gasteiger partial charge on any atom is 0.338 e. The number of ether oxygens (including phenoxy) is 4. The number of imide groups is 1. The van der Waals surface area contributed by atoms with Gasteiger partial charge < -0.3 is 24.3 Å². The number of amides is 3. The number of hydrogen-bond donors (Lipinski definition) is 2. The highest BCUT2D eigenvalue weighted by molar-refractivity contribution is 6.02. The van der Waals surface area contributed by atoms with Gasteiger partial charge in [0.25, 0.3) is 5.91 Å². The molecule has 9 heteroatoms. The number of rotatable bonds is 7. The Morgan fingerprint density at radius 1 is 0.897 bits per heavy atom. The summed E-state index contributed by atoms with van der Waals surface area (Å²) in [5.74, 6) is -0.0229. The molecule has 0 fully saturated rings. The summed E-state index contributed by atoms with van der Waals surface area (Å²) in [6.45, 7) is 1.15.